The van der Waals surface area contributed by atoms with E-state index >= 15 is 0 Å². The molecule has 2 aromatic rings. The van der Waals surface area contributed by atoms with E-state index in [1.807, 2.05) is 6.07 Å². The van der Waals surface area contributed by atoms with Gasteiger partial charge in [-0.2, -0.15) is 5.26 Å². The van der Waals surface area contributed by atoms with Gasteiger partial charge in [0.2, 0.25) is 0 Å². The number of rotatable bonds is 3. The van der Waals surface area contributed by atoms with Crippen LogP contribution in [0.15, 0.2) is 36.4 Å². The Bertz CT molecular complexity index is 650. The number of anilines is 3. The highest BCUT2D eigenvalue weighted by Gasteiger charge is 2.05. The van der Waals surface area contributed by atoms with Crippen LogP contribution >= 0.6 is 0 Å². The molecule has 0 atom stereocenters. The summed E-state index contributed by atoms with van der Waals surface area (Å²) in [6.07, 6.45) is 0. The predicted molar refractivity (Wildman–Crippen MR) is 71.8 cm³/mol. The lowest BCUT2D eigenvalue weighted by molar-refractivity contribution is 0.387. The average molecular weight is 257 g/mol. The van der Waals surface area contributed by atoms with Crippen molar-refractivity contribution >= 4 is 17.1 Å². The van der Waals surface area contributed by atoms with Crippen molar-refractivity contribution in [1.82, 2.24) is 0 Å². The number of methoxy groups -OCH3 is 1. The van der Waals surface area contributed by atoms with Crippen LogP contribution in [0.1, 0.15) is 5.56 Å². The van der Waals surface area contributed by atoms with Crippen molar-refractivity contribution in [1.29, 1.82) is 5.26 Å². The molecule has 2 rings (SSSR count). The molecular weight excluding hydrogens is 245 g/mol. The van der Waals surface area contributed by atoms with Gasteiger partial charge in [-0.15, -0.1) is 0 Å². The highest BCUT2D eigenvalue weighted by Crippen LogP contribution is 2.27. The van der Waals surface area contributed by atoms with Crippen molar-refractivity contribution in [2.45, 2.75) is 0 Å². The molecule has 3 N–H and O–H groups in total. The average Bonchev–Trinajstić information content (AvgIpc) is 2.43. The standard InChI is InChI=1S/C14H12FN3O/c1-19-14-7-10(3-4-11(14)15)18-13-5-2-9(8-16)6-12(13)17/h2-7,18H,17H2,1H3. The fourth-order valence-electron chi connectivity index (χ4n) is 1.64. The number of ether oxygens (including phenoxy) is 1. The first kappa shape index (κ1) is 12.7. The van der Waals surface area contributed by atoms with Crippen molar-refractivity contribution < 1.29 is 9.13 Å². The van der Waals surface area contributed by atoms with E-state index in [0.717, 1.165) is 0 Å². The number of hydrogen-bond donors (Lipinski definition) is 2. The molecule has 96 valence electrons. The van der Waals surface area contributed by atoms with Gasteiger partial charge in [-0.25, -0.2) is 4.39 Å². The summed E-state index contributed by atoms with van der Waals surface area (Å²) in [5.74, 6) is -0.280. The molecule has 0 amide bonds. The van der Waals surface area contributed by atoms with Crippen molar-refractivity contribution in [2.24, 2.45) is 0 Å². The molecule has 0 bridgehead atoms. The normalized spacial score (nSPS) is 9.74. The van der Waals surface area contributed by atoms with E-state index in [-0.39, 0.29) is 5.75 Å². The number of halogens is 1. The SMILES string of the molecule is COc1cc(Nc2ccc(C#N)cc2N)ccc1F. The van der Waals surface area contributed by atoms with Gasteiger partial charge in [0, 0.05) is 11.8 Å². The summed E-state index contributed by atoms with van der Waals surface area (Å²) in [6.45, 7) is 0. The molecule has 0 heterocycles. The minimum Gasteiger partial charge on any atom is -0.494 e. The number of nitriles is 1. The predicted octanol–water partition coefficient (Wildman–Crippen LogP) is 3.03. The number of nitrogen functional groups attached to an aromatic ring is 1. The van der Waals surface area contributed by atoms with Crippen LogP contribution in [0.5, 0.6) is 5.75 Å². The maximum atomic E-state index is 13.3. The van der Waals surface area contributed by atoms with Crippen molar-refractivity contribution in [3.05, 3.63) is 47.8 Å². The number of hydrogen-bond acceptors (Lipinski definition) is 4. The first-order chi connectivity index (χ1) is 9.13. The van der Waals surface area contributed by atoms with Gasteiger partial charge < -0.3 is 15.8 Å². The van der Waals surface area contributed by atoms with Crippen LogP contribution in [0.2, 0.25) is 0 Å². The van der Waals surface area contributed by atoms with E-state index in [2.05, 4.69) is 5.32 Å². The Morgan fingerprint density at radius 3 is 2.68 bits per heavy atom. The summed E-state index contributed by atoms with van der Waals surface area (Å²) in [5.41, 5.74) is 8.05. The summed E-state index contributed by atoms with van der Waals surface area (Å²) < 4.78 is 18.2. The summed E-state index contributed by atoms with van der Waals surface area (Å²) >= 11 is 0. The lowest BCUT2D eigenvalue weighted by Gasteiger charge is -2.11. The van der Waals surface area contributed by atoms with E-state index in [4.69, 9.17) is 15.7 Å². The minimum atomic E-state index is -0.430. The topological polar surface area (TPSA) is 71.1 Å². The molecule has 0 fully saturated rings. The first-order valence-corrected chi connectivity index (χ1v) is 5.54. The number of benzene rings is 2. The molecule has 0 saturated carbocycles. The second kappa shape index (κ2) is 5.27. The van der Waals surface area contributed by atoms with Gasteiger partial charge in [0.1, 0.15) is 0 Å². The molecule has 2 aromatic carbocycles. The largest absolute Gasteiger partial charge is 0.494 e. The molecule has 5 heteroatoms. The molecule has 0 aliphatic rings. The molecule has 19 heavy (non-hydrogen) atoms. The molecule has 0 unspecified atom stereocenters. The molecule has 0 aliphatic heterocycles. The van der Waals surface area contributed by atoms with Gasteiger partial charge >= 0.3 is 0 Å². The first-order valence-electron chi connectivity index (χ1n) is 5.54. The summed E-state index contributed by atoms with van der Waals surface area (Å²) in [6, 6.07) is 11.4. The zero-order valence-electron chi connectivity index (χ0n) is 10.3. The Hall–Kier alpha value is -2.74. The fraction of sp³-hybridized carbons (Fsp3) is 0.0714. The fourth-order valence-corrected chi connectivity index (χ4v) is 1.64. The van der Waals surface area contributed by atoms with Crippen LogP contribution in [0.4, 0.5) is 21.5 Å². The smallest absolute Gasteiger partial charge is 0.165 e. The summed E-state index contributed by atoms with van der Waals surface area (Å²) in [5, 5.41) is 11.8. The second-order valence-corrected chi connectivity index (χ2v) is 3.89. The van der Waals surface area contributed by atoms with Crippen LogP contribution in [-0.2, 0) is 0 Å². The molecule has 0 radical (unpaired) electrons. The van der Waals surface area contributed by atoms with Gasteiger partial charge in [-0.05, 0) is 30.3 Å². The molecule has 0 spiro atoms. The zero-order chi connectivity index (χ0) is 13.8. The van der Waals surface area contributed by atoms with Crippen molar-refractivity contribution in [3.63, 3.8) is 0 Å². The van der Waals surface area contributed by atoms with Crippen LogP contribution < -0.4 is 15.8 Å². The Labute approximate surface area is 110 Å². The van der Waals surface area contributed by atoms with Crippen LogP contribution in [0, 0.1) is 17.1 Å². The van der Waals surface area contributed by atoms with Crippen molar-refractivity contribution in [2.75, 3.05) is 18.2 Å². The lowest BCUT2D eigenvalue weighted by atomic mass is 10.2. The maximum absolute atomic E-state index is 13.3. The Morgan fingerprint density at radius 2 is 2.05 bits per heavy atom. The molecular formula is C14H12FN3O. The third kappa shape index (κ3) is 2.75. The van der Waals surface area contributed by atoms with E-state index in [1.54, 1.807) is 24.3 Å². The zero-order valence-corrected chi connectivity index (χ0v) is 10.3. The molecule has 0 saturated heterocycles. The van der Waals surface area contributed by atoms with Gasteiger partial charge in [0.15, 0.2) is 11.6 Å². The van der Waals surface area contributed by atoms with E-state index in [9.17, 15) is 4.39 Å². The van der Waals surface area contributed by atoms with Gasteiger partial charge in [-0.1, -0.05) is 0 Å². The third-order valence-corrected chi connectivity index (χ3v) is 2.61. The number of nitrogens with zero attached hydrogens (tertiary/aromatic N) is 1. The highest BCUT2D eigenvalue weighted by atomic mass is 19.1. The van der Waals surface area contributed by atoms with E-state index in [1.165, 1.54) is 19.2 Å². The molecule has 0 aromatic heterocycles. The quantitative estimate of drug-likeness (QED) is 0.829. The highest BCUT2D eigenvalue weighted by molar-refractivity contribution is 5.74. The van der Waals surface area contributed by atoms with E-state index in [0.29, 0.717) is 22.6 Å². The van der Waals surface area contributed by atoms with Gasteiger partial charge in [0.05, 0.1) is 30.1 Å². The lowest BCUT2D eigenvalue weighted by Crippen LogP contribution is -1.98. The molecule has 0 aliphatic carbocycles. The van der Waals surface area contributed by atoms with E-state index < -0.39 is 5.82 Å². The second-order valence-electron chi connectivity index (χ2n) is 3.89. The van der Waals surface area contributed by atoms with Crippen LogP contribution in [0.3, 0.4) is 0 Å². The van der Waals surface area contributed by atoms with Crippen LogP contribution in [-0.4, -0.2) is 7.11 Å². The maximum Gasteiger partial charge on any atom is 0.165 e. The number of nitrogens with one attached hydrogen (secondary N) is 1. The Morgan fingerprint density at radius 1 is 1.26 bits per heavy atom. The Kier molecular flexibility index (Phi) is 3.53. The summed E-state index contributed by atoms with van der Waals surface area (Å²) in [7, 11) is 1.40. The third-order valence-electron chi connectivity index (χ3n) is 2.61. The minimum absolute atomic E-state index is 0.150. The monoisotopic (exact) mass is 257 g/mol. The number of nitrogens with two attached hydrogens (primary N) is 1. The van der Waals surface area contributed by atoms with Gasteiger partial charge in [-0.3, -0.25) is 0 Å². The summed E-state index contributed by atoms with van der Waals surface area (Å²) in [4.78, 5) is 0. The van der Waals surface area contributed by atoms with Gasteiger partial charge in [0.25, 0.3) is 0 Å². The van der Waals surface area contributed by atoms with Crippen LogP contribution in [0.25, 0.3) is 0 Å². The molecule has 4 nitrogen and oxygen atoms in total. The van der Waals surface area contributed by atoms with Crippen molar-refractivity contribution in [3.8, 4) is 11.8 Å². The Balaban J connectivity index is 2.29.